The maximum Gasteiger partial charge on any atom is 0.271 e. The summed E-state index contributed by atoms with van der Waals surface area (Å²) in [6.45, 7) is 1.49. The summed E-state index contributed by atoms with van der Waals surface area (Å²) in [7, 11) is 0. The first kappa shape index (κ1) is 17.6. The molecule has 0 aliphatic heterocycles. The van der Waals surface area contributed by atoms with Crippen molar-refractivity contribution in [1.82, 2.24) is 0 Å². The Hall–Kier alpha value is -2.78. The van der Waals surface area contributed by atoms with Crippen molar-refractivity contribution in [3.05, 3.63) is 64.2 Å². The summed E-state index contributed by atoms with van der Waals surface area (Å²) in [5.74, 6) is -0.571. The second-order valence-corrected chi connectivity index (χ2v) is 5.86. The third-order valence-corrected chi connectivity index (χ3v) is 3.86. The fourth-order valence-corrected chi connectivity index (χ4v) is 2.51. The van der Waals surface area contributed by atoms with Crippen LogP contribution in [0.1, 0.15) is 5.56 Å². The van der Waals surface area contributed by atoms with Crippen LogP contribution in [0.15, 0.2) is 48.5 Å². The molecule has 2 aromatic rings. The Kier molecular flexibility index (Phi) is 5.61. The molecule has 0 aliphatic carbocycles. The number of carbonyl (C=O) groups excluding carboxylic acids is 1. The average Bonchev–Trinajstić information content (AvgIpc) is 2.53. The predicted octanol–water partition coefficient (Wildman–Crippen LogP) is 2.49. The van der Waals surface area contributed by atoms with E-state index in [0.29, 0.717) is 5.69 Å². The molecule has 1 amide bonds. The minimum absolute atomic E-state index is 0.158. The minimum atomic E-state index is -2.39. The molecular formula is C15H15N3O5S. The molecule has 0 spiro atoms. The molecule has 8 nitrogen and oxygen atoms in total. The molecule has 0 saturated carbocycles. The van der Waals surface area contributed by atoms with Crippen molar-refractivity contribution in [2.45, 2.75) is 6.92 Å². The van der Waals surface area contributed by atoms with Crippen LogP contribution in [0.3, 0.4) is 0 Å². The summed E-state index contributed by atoms with van der Waals surface area (Å²) in [5, 5.41) is 13.2. The third-order valence-electron chi connectivity index (χ3n) is 3.14. The summed E-state index contributed by atoms with van der Waals surface area (Å²) < 4.78 is 21.9. The number of benzene rings is 2. The third kappa shape index (κ3) is 4.61. The lowest BCUT2D eigenvalue weighted by Gasteiger charge is -2.19. The normalized spacial score (nSPS) is 11.6. The summed E-state index contributed by atoms with van der Waals surface area (Å²) in [6.07, 6.45) is 0. The number of aryl methyl sites for hydroxylation is 1. The van der Waals surface area contributed by atoms with Gasteiger partial charge in [0.2, 0.25) is 5.91 Å². The second kappa shape index (κ2) is 7.66. The van der Waals surface area contributed by atoms with Crippen LogP contribution in [0.2, 0.25) is 0 Å². The Morgan fingerprint density at radius 1 is 1.29 bits per heavy atom. The molecule has 9 heteroatoms. The second-order valence-electron chi connectivity index (χ2n) is 4.96. The van der Waals surface area contributed by atoms with Gasteiger partial charge in [-0.3, -0.25) is 23.8 Å². The van der Waals surface area contributed by atoms with Gasteiger partial charge in [0.05, 0.1) is 10.6 Å². The molecule has 0 saturated heterocycles. The van der Waals surface area contributed by atoms with Crippen LogP contribution in [-0.4, -0.2) is 26.1 Å². The van der Waals surface area contributed by atoms with Gasteiger partial charge in [0.1, 0.15) is 6.54 Å². The van der Waals surface area contributed by atoms with E-state index in [0.717, 1.165) is 9.87 Å². The number of non-ortho nitro benzene ring substituents is 1. The van der Waals surface area contributed by atoms with Crippen molar-refractivity contribution in [3.8, 4) is 0 Å². The molecule has 0 aliphatic rings. The van der Waals surface area contributed by atoms with Crippen LogP contribution in [0.5, 0.6) is 0 Å². The summed E-state index contributed by atoms with van der Waals surface area (Å²) in [6, 6.07) is 12.2. The number of nitro groups is 1. The molecule has 1 atom stereocenters. The van der Waals surface area contributed by atoms with Gasteiger partial charge in [0, 0.05) is 17.8 Å². The number of nitrogens with one attached hydrogen (secondary N) is 1. The monoisotopic (exact) mass is 349 g/mol. The van der Waals surface area contributed by atoms with Gasteiger partial charge >= 0.3 is 0 Å². The quantitative estimate of drug-likeness (QED) is 0.472. The Morgan fingerprint density at radius 3 is 2.54 bits per heavy atom. The number of nitro benzene ring substituents is 1. The predicted molar refractivity (Wildman–Crippen MR) is 91.0 cm³/mol. The van der Waals surface area contributed by atoms with Crippen molar-refractivity contribution in [1.29, 1.82) is 0 Å². The van der Waals surface area contributed by atoms with E-state index < -0.39 is 22.1 Å². The molecule has 2 aromatic carbocycles. The van der Waals surface area contributed by atoms with E-state index in [4.69, 9.17) is 0 Å². The highest BCUT2D eigenvalue weighted by molar-refractivity contribution is 7.80. The van der Waals surface area contributed by atoms with Gasteiger partial charge in [-0.1, -0.05) is 23.8 Å². The standard InChI is InChI=1S/C15H15N3O5S/c1-11-5-7-13(8-6-11)17(24(22)23)10-15(19)16-12-3-2-4-14(9-12)18(20)21/h2-9H,10H2,1H3,(H,16,19)(H,22,23). The van der Waals surface area contributed by atoms with E-state index in [-0.39, 0.29) is 17.9 Å². The number of hydrogen-bond donors (Lipinski definition) is 2. The van der Waals surface area contributed by atoms with Gasteiger partial charge in [-0.05, 0) is 25.1 Å². The van der Waals surface area contributed by atoms with Gasteiger partial charge in [-0.15, -0.1) is 0 Å². The van der Waals surface area contributed by atoms with E-state index in [1.807, 2.05) is 6.92 Å². The Bertz CT molecular complexity index is 779. The van der Waals surface area contributed by atoms with Crippen molar-refractivity contribution >= 4 is 34.2 Å². The lowest BCUT2D eigenvalue weighted by Crippen LogP contribution is -2.34. The summed E-state index contributed by atoms with van der Waals surface area (Å²) in [4.78, 5) is 22.2. The highest BCUT2D eigenvalue weighted by Crippen LogP contribution is 2.19. The van der Waals surface area contributed by atoms with Crippen LogP contribution >= 0.6 is 0 Å². The summed E-state index contributed by atoms with van der Waals surface area (Å²) in [5.41, 5.74) is 1.47. The topological polar surface area (TPSA) is 113 Å². The Labute approximate surface area is 140 Å². The van der Waals surface area contributed by atoms with Gasteiger partial charge in [-0.2, -0.15) is 0 Å². The van der Waals surface area contributed by atoms with E-state index in [1.165, 1.54) is 24.3 Å². The zero-order chi connectivity index (χ0) is 17.7. The van der Waals surface area contributed by atoms with Gasteiger partial charge in [-0.25, -0.2) is 4.21 Å². The molecule has 1 unspecified atom stereocenters. The zero-order valence-corrected chi connectivity index (χ0v) is 13.5. The van der Waals surface area contributed by atoms with E-state index in [2.05, 4.69) is 5.32 Å². The maximum absolute atomic E-state index is 12.1. The average molecular weight is 349 g/mol. The van der Waals surface area contributed by atoms with Crippen LogP contribution < -0.4 is 9.62 Å². The Morgan fingerprint density at radius 2 is 1.96 bits per heavy atom. The molecule has 0 fully saturated rings. The zero-order valence-electron chi connectivity index (χ0n) is 12.7. The van der Waals surface area contributed by atoms with Crippen LogP contribution in [0.25, 0.3) is 0 Å². The number of amides is 1. The van der Waals surface area contributed by atoms with Crippen LogP contribution in [-0.2, 0) is 16.1 Å². The Balaban J connectivity index is 2.11. The fourth-order valence-electron chi connectivity index (χ4n) is 1.98. The lowest BCUT2D eigenvalue weighted by molar-refractivity contribution is -0.384. The van der Waals surface area contributed by atoms with Gasteiger partial charge in [0.15, 0.2) is 0 Å². The molecule has 0 radical (unpaired) electrons. The lowest BCUT2D eigenvalue weighted by atomic mass is 10.2. The molecule has 2 N–H and O–H groups in total. The van der Waals surface area contributed by atoms with Crippen molar-refractivity contribution in [2.75, 3.05) is 16.2 Å². The van der Waals surface area contributed by atoms with Crippen molar-refractivity contribution in [3.63, 3.8) is 0 Å². The van der Waals surface area contributed by atoms with Gasteiger partial charge < -0.3 is 5.32 Å². The van der Waals surface area contributed by atoms with E-state index in [1.54, 1.807) is 24.3 Å². The van der Waals surface area contributed by atoms with E-state index >= 15 is 0 Å². The van der Waals surface area contributed by atoms with Crippen molar-refractivity contribution < 1.29 is 18.5 Å². The first-order valence-corrected chi connectivity index (χ1v) is 7.92. The van der Waals surface area contributed by atoms with Crippen LogP contribution in [0.4, 0.5) is 17.1 Å². The first-order chi connectivity index (χ1) is 11.4. The van der Waals surface area contributed by atoms with Crippen molar-refractivity contribution in [2.24, 2.45) is 0 Å². The van der Waals surface area contributed by atoms with Crippen LogP contribution in [0, 0.1) is 17.0 Å². The molecule has 126 valence electrons. The number of hydrogen-bond acceptors (Lipinski definition) is 4. The SMILES string of the molecule is Cc1ccc(N(CC(=O)Nc2cccc([N+](=O)[O-])c2)S(=O)O)cc1. The minimum Gasteiger partial charge on any atom is -0.324 e. The maximum atomic E-state index is 12.1. The fraction of sp³-hybridized carbons (Fsp3) is 0.133. The number of nitrogens with zero attached hydrogens (tertiary/aromatic N) is 2. The largest absolute Gasteiger partial charge is 0.324 e. The first-order valence-electron chi connectivity index (χ1n) is 6.86. The van der Waals surface area contributed by atoms with Gasteiger partial charge in [0.25, 0.3) is 17.0 Å². The van der Waals surface area contributed by atoms with E-state index in [9.17, 15) is 23.7 Å². The number of carbonyl (C=O) groups is 1. The molecular weight excluding hydrogens is 334 g/mol. The molecule has 0 bridgehead atoms. The smallest absolute Gasteiger partial charge is 0.271 e. The number of anilines is 2. The highest BCUT2D eigenvalue weighted by Gasteiger charge is 2.17. The summed E-state index contributed by atoms with van der Waals surface area (Å²) >= 11 is -2.39. The molecule has 24 heavy (non-hydrogen) atoms. The highest BCUT2D eigenvalue weighted by atomic mass is 32.2. The number of rotatable bonds is 6. The molecule has 2 rings (SSSR count). The molecule has 0 aromatic heterocycles. The molecule has 0 heterocycles.